The summed E-state index contributed by atoms with van der Waals surface area (Å²) in [5, 5.41) is 0. The van der Waals surface area contributed by atoms with Gasteiger partial charge in [0.25, 0.3) is 0 Å². The van der Waals surface area contributed by atoms with Crippen LogP contribution in [0.3, 0.4) is 0 Å². The van der Waals surface area contributed by atoms with E-state index in [0.29, 0.717) is 5.92 Å². The second-order valence-corrected chi connectivity index (χ2v) is 3.84. The van der Waals surface area contributed by atoms with Gasteiger partial charge < -0.3 is 4.42 Å². The third kappa shape index (κ3) is 2.94. The van der Waals surface area contributed by atoms with Crippen molar-refractivity contribution in [3.63, 3.8) is 0 Å². The summed E-state index contributed by atoms with van der Waals surface area (Å²) in [5.74, 6) is 1.05. The third-order valence-electron chi connectivity index (χ3n) is 2.07. The molecule has 0 saturated heterocycles. The molecule has 15 heavy (non-hydrogen) atoms. The van der Waals surface area contributed by atoms with E-state index in [1.54, 1.807) is 12.3 Å². The molecule has 1 aromatic heterocycles. The standard InChI is InChI=1S/C13H17NO/c1-6-10(4)7-11(5)12-8-15-13(14-12)9(2)3/h6-9H,1,5H2,2-4H3/b10-7-. The smallest absolute Gasteiger partial charge is 0.197 e. The minimum absolute atomic E-state index is 0.302. The van der Waals surface area contributed by atoms with Crippen LogP contribution in [-0.2, 0) is 0 Å². The molecule has 0 saturated carbocycles. The molecular weight excluding hydrogens is 186 g/mol. The summed E-state index contributed by atoms with van der Waals surface area (Å²) in [5.41, 5.74) is 2.71. The van der Waals surface area contributed by atoms with Crippen molar-refractivity contribution in [1.29, 1.82) is 0 Å². The summed E-state index contributed by atoms with van der Waals surface area (Å²) in [7, 11) is 0. The summed E-state index contributed by atoms with van der Waals surface area (Å²) in [6.07, 6.45) is 5.37. The van der Waals surface area contributed by atoms with Gasteiger partial charge in [-0.3, -0.25) is 0 Å². The molecule has 0 amide bonds. The lowest BCUT2D eigenvalue weighted by Gasteiger charge is -1.96. The normalized spacial score (nSPS) is 11.9. The van der Waals surface area contributed by atoms with Gasteiger partial charge in [0.1, 0.15) is 12.0 Å². The van der Waals surface area contributed by atoms with Crippen LogP contribution in [0.15, 0.2) is 41.6 Å². The number of nitrogens with zero attached hydrogens (tertiary/aromatic N) is 1. The summed E-state index contributed by atoms with van der Waals surface area (Å²) in [4.78, 5) is 4.35. The van der Waals surface area contributed by atoms with Crippen molar-refractivity contribution in [3.05, 3.63) is 48.7 Å². The highest BCUT2D eigenvalue weighted by Gasteiger charge is 2.08. The molecule has 0 N–H and O–H groups in total. The molecule has 0 fully saturated rings. The molecule has 0 aliphatic rings. The summed E-state index contributed by atoms with van der Waals surface area (Å²) in [6.45, 7) is 13.7. The molecule has 1 heterocycles. The van der Waals surface area contributed by atoms with E-state index in [-0.39, 0.29) is 0 Å². The third-order valence-corrected chi connectivity index (χ3v) is 2.07. The van der Waals surface area contributed by atoms with Gasteiger partial charge in [-0.25, -0.2) is 4.98 Å². The van der Waals surface area contributed by atoms with Crippen molar-refractivity contribution in [2.24, 2.45) is 0 Å². The zero-order valence-corrected chi connectivity index (χ0v) is 9.58. The fourth-order valence-corrected chi connectivity index (χ4v) is 1.11. The van der Waals surface area contributed by atoms with Gasteiger partial charge in [0, 0.05) is 5.92 Å². The lowest BCUT2D eigenvalue weighted by atomic mass is 10.1. The molecule has 0 aliphatic carbocycles. The molecule has 0 aromatic carbocycles. The Hall–Kier alpha value is -1.57. The lowest BCUT2D eigenvalue weighted by Crippen LogP contribution is -1.87. The van der Waals surface area contributed by atoms with E-state index in [0.717, 1.165) is 22.7 Å². The Kier molecular flexibility index (Phi) is 3.67. The van der Waals surface area contributed by atoms with E-state index in [1.165, 1.54) is 0 Å². The molecule has 80 valence electrons. The van der Waals surface area contributed by atoms with Gasteiger partial charge in [-0.1, -0.05) is 44.7 Å². The monoisotopic (exact) mass is 203 g/mol. The largest absolute Gasteiger partial charge is 0.448 e. The second kappa shape index (κ2) is 4.78. The first-order valence-electron chi connectivity index (χ1n) is 5.00. The Labute approximate surface area is 91.0 Å². The minimum Gasteiger partial charge on any atom is -0.448 e. The molecular formula is C13H17NO. The first-order valence-corrected chi connectivity index (χ1v) is 5.00. The maximum Gasteiger partial charge on any atom is 0.197 e. The molecule has 1 aromatic rings. The predicted molar refractivity (Wildman–Crippen MR) is 63.6 cm³/mol. The van der Waals surface area contributed by atoms with E-state index < -0.39 is 0 Å². The van der Waals surface area contributed by atoms with E-state index in [4.69, 9.17) is 4.42 Å². The highest BCUT2D eigenvalue weighted by Crippen LogP contribution is 2.19. The van der Waals surface area contributed by atoms with Gasteiger partial charge in [0.05, 0.1) is 0 Å². The van der Waals surface area contributed by atoms with Crippen LogP contribution in [0.4, 0.5) is 0 Å². The van der Waals surface area contributed by atoms with E-state index in [9.17, 15) is 0 Å². The fourth-order valence-electron chi connectivity index (χ4n) is 1.11. The van der Waals surface area contributed by atoms with Gasteiger partial charge in [0.2, 0.25) is 0 Å². The Balaban J connectivity index is 2.88. The zero-order valence-electron chi connectivity index (χ0n) is 9.58. The van der Waals surface area contributed by atoms with Gasteiger partial charge >= 0.3 is 0 Å². The van der Waals surface area contributed by atoms with Crippen molar-refractivity contribution in [2.45, 2.75) is 26.7 Å². The molecule has 1 rings (SSSR count). The number of allylic oxidation sites excluding steroid dienone is 4. The Morgan fingerprint density at radius 1 is 1.53 bits per heavy atom. The van der Waals surface area contributed by atoms with Crippen LogP contribution in [0.5, 0.6) is 0 Å². The van der Waals surface area contributed by atoms with Crippen molar-refractivity contribution >= 4 is 5.57 Å². The molecule has 0 spiro atoms. The zero-order chi connectivity index (χ0) is 11.4. The van der Waals surface area contributed by atoms with Gasteiger partial charge in [-0.05, 0) is 12.5 Å². The average molecular weight is 203 g/mol. The predicted octanol–water partition coefficient (Wildman–Crippen LogP) is 3.94. The van der Waals surface area contributed by atoms with Crippen molar-refractivity contribution < 1.29 is 4.42 Å². The average Bonchev–Trinajstić information content (AvgIpc) is 2.66. The lowest BCUT2D eigenvalue weighted by molar-refractivity contribution is 0.471. The topological polar surface area (TPSA) is 26.0 Å². The highest BCUT2D eigenvalue weighted by molar-refractivity contribution is 5.70. The van der Waals surface area contributed by atoms with Crippen molar-refractivity contribution in [1.82, 2.24) is 4.98 Å². The number of oxazole rings is 1. The van der Waals surface area contributed by atoms with Crippen LogP contribution >= 0.6 is 0 Å². The summed E-state index contributed by atoms with van der Waals surface area (Å²) < 4.78 is 5.34. The molecule has 2 nitrogen and oxygen atoms in total. The number of rotatable bonds is 4. The van der Waals surface area contributed by atoms with Crippen molar-refractivity contribution in [3.8, 4) is 0 Å². The first-order chi connectivity index (χ1) is 7.04. The molecule has 2 heteroatoms. The molecule has 0 atom stereocenters. The van der Waals surface area contributed by atoms with Crippen LogP contribution in [-0.4, -0.2) is 4.98 Å². The van der Waals surface area contributed by atoms with E-state index in [2.05, 4.69) is 18.1 Å². The molecule has 0 bridgehead atoms. The van der Waals surface area contributed by atoms with Gasteiger partial charge in [-0.2, -0.15) is 0 Å². The summed E-state index contributed by atoms with van der Waals surface area (Å²) >= 11 is 0. The molecule has 0 radical (unpaired) electrons. The number of hydrogen-bond donors (Lipinski definition) is 0. The number of hydrogen-bond acceptors (Lipinski definition) is 2. The SMILES string of the molecule is C=C/C(C)=C\C(=C)c1coc(C(C)C)n1. The maximum absolute atomic E-state index is 5.34. The second-order valence-electron chi connectivity index (χ2n) is 3.84. The summed E-state index contributed by atoms with van der Waals surface area (Å²) in [6, 6.07) is 0. The van der Waals surface area contributed by atoms with Gasteiger partial charge in [-0.15, -0.1) is 0 Å². The van der Waals surface area contributed by atoms with Crippen LogP contribution in [0.1, 0.15) is 38.3 Å². The van der Waals surface area contributed by atoms with Crippen LogP contribution < -0.4 is 0 Å². The quantitative estimate of drug-likeness (QED) is 0.693. The molecule has 0 aliphatic heterocycles. The Morgan fingerprint density at radius 3 is 2.67 bits per heavy atom. The van der Waals surface area contributed by atoms with E-state index >= 15 is 0 Å². The van der Waals surface area contributed by atoms with Crippen LogP contribution in [0.2, 0.25) is 0 Å². The maximum atomic E-state index is 5.34. The van der Waals surface area contributed by atoms with Crippen LogP contribution in [0.25, 0.3) is 5.57 Å². The van der Waals surface area contributed by atoms with E-state index in [1.807, 2.05) is 26.8 Å². The molecule has 0 unspecified atom stereocenters. The number of aromatic nitrogens is 1. The highest BCUT2D eigenvalue weighted by atomic mass is 16.3. The van der Waals surface area contributed by atoms with Crippen LogP contribution in [0, 0.1) is 0 Å². The van der Waals surface area contributed by atoms with Gasteiger partial charge in [0.15, 0.2) is 5.89 Å². The minimum atomic E-state index is 0.302. The first kappa shape index (κ1) is 11.5. The fraction of sp³-hybridized carbons (Fsp3) is 0.308. The Bertz CT molecular complexity index is 396. The Morgan fingerprint density at radius 2 is 2.20 bits per heavy atom. The van der Waals surface area contributed by atoms with Crippen molar-refractivity contribution in [2.75, 3.05) is 0 Å².